The third-order valence-electron chi connectivity index (χ3n) is 3.50. The number of carbonyl (C=O) groups is 2. The van der Waals surface area contributed by atoms with Crippen LogP contribution in [0.5, 0.6) is 0 Å². The van der Waals surface area contributed by atoms with Crippen molar-refractivity contribution in [3.8, 4) is 0 Å². The lowest BCUT2D eigenvalue weighted by atomic mass is 9.82. The van der Waals surface area contributed by atoms with Crippen LogP contribution in [0.25, 0.3) is 0 Å². The Bertz CT molecular complexity index is 748. The summed E-state index contributed by atoms with van der Waals surface area (Å²) in [6, 6.07) is 8.39. The molecule has 2 aromatic rings. The van der Waals surface area contributed by atoms with Gasteiger partial charge < -0.3 is 11.5 Å². The van der Waals surface area contributed by atoms with E-state index in [1.165, 1.54) is 0 Å². The molecule has 0 heterocycles. The van der Waals surface area contributed by atoms with Gasteiger partial charge >= 0.3 is 0 Å². The van der Waals surface area contributed by atoms with Crippen molar-refractivity contribution >= 4 is 22.9 Å². The van der Waals surface area contributed by atoms with Crippen LogP contribution >= 0.6 is 0 Å². The van der Waals surface area contributed by atoms with Gasteiger partial charge in [0, 0.05) is 16.7 Å². The smallest absolute Gasteiger partial charge is 0.196 e. The van der Waals surface area contributed by atoms with Crippen LogP contribution in [0, 0.1) is 6.92 Å². The van der Waals surface area contributed by atoms with E-state index >= 15 is 0 Å². The highest BCUT2D eigenvalue weighted by Crippen LogP contribution is 2.35. The molecule has 4 N–H and O–H groups in total. The number of benzene rings is 2. The number of carbonyl (C=O) groups excluding carboxylic acids is 2. The van der Waals surface area contributed by atoms with E-state index in [9.17, 15) is 9.59 Å². The van der Waals surface area contributed by atoms with E-state index in [1.54, 1.807) is 37.3 Å². The first-order chi connectivity index (χ1) is 9.02. The first-order valence-corrected chi connectivity index (χ1v) is 5.89. The molecular formula is C15H12N2O2. The van der Waals surface area contributed by atoms with Gasteiger partial charge in [0.25, 0.3) is 0 Å². The third-order valence-corrected chi connectivity index (χ3v) is 3.50. The lowest BCUT2D eigenvalue weighted by molar-refractivity contribution is 0.0979. The molecular weight excluding hydrogens is 240 g/mol. The summed E-state index contributed by atoms with van der Waals surface area (Å²) in [4.78, 5) is 24.9. The predicted octanol–water partition coefficient (Wildman–Crippen LogP) is 1.93. The van der Waals surface area contributed by atoms with E-state index in [-0.39, 0.29) is 22.8 Å². The molecule has 0 saturated heterocycles. The molecule has 0 saturated carbocycles. The van der Waals surface area contributed by atoms with E-state index in [4.69, 9.17) is 11.5 Å². The lowest BCUT2D eigenvalue weighted by Gasteiger charge is -2.20. The van der Waals surface area contributed by atoms with Gasteiger partial charge in [-0.25, -0.2) is 0 Å². The standard InChI is InChI=1S/C15H12N2O2/c1-7-6-10-11(13(17)12(7)16)15(19)9-5-3-2-4-8(9)14(10)18/h2-6H,16-17H2,1H3. The first-order valence-electron chi connectivity index (χ1n) is 5.89. The highest BCUT2D eigenvalue weighted by atomic mass is 16.1. The SMILES string of the molecule is Cc1cc2c(c(N)c1N)C(=O)c1ccccc1C2=O. The van der Waals surface area contributed by atoms with Crippen LogP contribution in [0.2, 0.25) is 0 Å². The quantitative estimate of drug-likeness (QED) is 0.598. The van der Waals surface area contributed by atoms with Crippen molar-refractivity contribution in [3.05, 3.63) is 58.1 Å². The summed E-state index contributed by atoms with van der Waals surface area (Å²) in [6.07, 6.45) is 0. The highest BCUT2D eigenvalue weighted by molar-refractivity contribution is 6.30. The minimum Gasteiger partial charge on any atom is -0.397 e. The summed E-state index contributed by atoms with van der Waals surface area (Å²) in [6.45, 7) is 1.77. The maximum absolute atomic E-state index is 12.5. The molecule has 19 heavy (non-hydrogen) atoms. The van der Waals surface area contributed by atoms with Crippen LogP contribution in [0.4, 0.5) is 11.4 Å². The van der Waals surface area contributed by atoms with Crippen LogP contribution in [-0.2, 0) is 0 Å². The molecule has 0 aromatic heterocycles. The Kier molecular flexibility index (Phi) is 2.22. The zero-order chi connectivity index (χ0) is 13.7. The van der Waals surface area contributed by atoms with Gasteiger partial charge in [-0.1, -0.05) is 24.3 Å². The van der Waals surface area contributed by atoms with Crippen LogP contribution in [0.3, 0.4) is 0 Å². The molecule has 3 rings (SSSR count). The summed E-state index contributed by atoms with van der Waals surface area (Å²) < 4.78 is 0. The summed E-state index contributed by atoms with van der Waals surface area (Å²) in [5.74, 6) is -0.422. The topological polar surface area (TPSA) is 86.2 Å². The number of aryl methyl sites for hydroxylation is 1. The molecule has 0 unspecified atom stereocenters. The van der Waals surface area contributed by atoms with E-state index in [0.717, 1.165) is 0 Å². The number of ketones is 2. The molecule has 0 aliphatic heterocycles. The second kappa shape index (κ2) is 3.68. The number of fused-ring (bicyclic) bond motifs is 2. The number of hydrogen-bond donors (Lipinski definition) is 2. The number of rotatable bonds is 0. The van der Waals surface area contributed by atoms with E-state index in [2.05, 4.69) is 0 Å². The predicted molar refractivity (Wildman–Crippen MR) is 73.3 cm³/mol. The molecule has 4 heteroatoms. The zero-order valence-electron chi connectivity index (χ0n) is 10.4. The van der Waals surface area contributed by atoms with Crippen LogP contribution in [0.15, 0.2) is 30.3 Å². The van der Waals surface area contributed by atoms with Crippen molar-refractivity contribution in [1.82, 2.24) is 0 Å². The first kappa shape index (κ1) is 11.5. The molecule has 0 fully saturated rings. The Morgan fingerprint density at radius 1 is 0.842 bits per heavy atom. The van der Waals surface area contributed by atoms with E-state index in [1.807, 2.05) is 0 Å². The Balaban J connectivity index is 2.40. The minimum atomic E-state index is -0.241. The second-order valence-corrected chi connectivity index (χ2v) is 4.65. The summed E-state index contributed by atoms with van der Waals surface area (Å²) in [5, 5.41) is 0. The van der Waals surface area contributed by atoms with Crippen molar-refractivity contribution in [2.75, 3.05) is 11.5 Å². The highest BCUT2D eigenvalue weighted by Gasteiger charge is 2.32. The van der Waals surface area contributed by atoms with Gasteiger partial charge in [-0.2, -0.15) is 0 Å². The number of nitrogen functional groups attached to an aromatic ring is 2. The van der Waals surface area contributed by atoms with Crippen molar-refractivity contribution in [2.45, 2.75) is 6.92 Å². The van der Waals surface area contributed by atoms with Crippen LogP contribution < -0.4 is 11.5 Å². The second-order valence-electron chi connectivity index (χ2n) is 4.65. The molecule has 0 atom stereocenters. The van der Waals surface area contributed by atoms with Gasteiger partial charge in [-0.3, -0.25) is 9.59 Å². The Hall–Kier alpha value is -2.62. The molecule has 0 spiro atoms. The van der Waals surface area contributed by atoms with Crippen molar-refractivity contribution in [2.24, 2.45) is 0 Å². The average Bonchev–Trinajstić information content (AvgIpc) is 2.42. The fraction of sp³-hybridized carbons (Fsp3) is 0.0667. The maximum Gasteiger partial charge on any atom is 0.196 e. The molecule has 0 amide bonds. The van der Waals surface area contributed by atoms with Gasteiger partial charge in [0.1, 0.15) is 0 Å². The van der Waals surface area contributed by atoms with Gasteiger partial charge in [0.05, 0.1) is 16.9 Å². The van der Waals surface area contributed by atoms with E-state index in [0.29, 0.717) is 27.9 Å². The summed E-state index contributed by atoms with van der Waals surface area (Å²) >= 11 is 0. The van der Waals surface area contributed by atoms with Crippen molar-refractivity contribution < 1.29 is 9.59 Å². The number of nitrogens with two attached hydrogens (primary N) is 2. The molecule has 0 bridgehead atoms. The molecule has 0 radical (unpaired) electrons. The fourth-order valence-corrected chi connectivity index (χ4v) is 2.44. The monoisotopic (exact) mass is 252 g/mol. The Morgan fingerprint density at radius 3 is 2.05 bits per heavy atom. The Morgan fingerprint density at radius 2 is 1.42 bits per heavy atom. The average molecular weight is 252 g/mol. The number of anilines is 2. The lowest BCUT2D eigenvalue weighted by Crippen LogP contribution is -2.23. The van der Waals surface area contributed by atoms with Gasteiger partial charge in [0.15, 0.2) is 11.6 Å². The van der Waals surface area contributed by atoms with Gasteiger partial charge in [0.2, 0.25) is 0 Å². The zero-order valence-corrected chi connectivity index (χ0v) is 10.4. The summed E-state index contributed by atoms with van der Waals surface area (Å²) in [5.41, 5.74) is 14.4. The van der Waals surface area contributed by atoms with Gasteiger partial charge in [-0.15, -0.1) is 0 Å². The molecule has 1 aliphatic carbocycles. The van der Waals surface area contributed by atoms with Gasteiger partial charge in [-0.05, 0) is 18.6 Å². The minimum absolute atomic E-state index is 0.181. The molecule has 1 aliphatic rings. The fourth-order valence-electron chi connectivity index (χ4n) is 2.44. The normalized spacial score (nSPS) is 13.1. The van der Waals surface area contributed by atoms with E-state index < -0.39 is 0 Å². The summed E-state index contributed by atoms with van der Waals surface area (Å²) in [7, 11) is 0. The molecule has 4 nitrogen and oxygen atoms in total. The van der Waals surface area contributed by atoms with Crippen LogP contribution in [0.1, 0.15) is 37.4 Å². The molecule has 94 valence electrons. The van der Waals surface area contributed by atoms with Crippen LogP contribution in [-0.4, -0.2) is 11.6 Å². The van der Waals surface area contributed by atoms with Crippen molar-refractivity contribution in [3.63, 3.8) is 0 Å². The largest absolute Gasteiger partial charge is 0.397 e. The third kappa shape index (κ3) is 1.40. The number of hydrogen-bond acceptors (Lipinski definition) is 4. The maximum atomic E-state index is 12.5. The Labute approximate surface area is 110 Å². The molecule has 2 aromatic carbocycles. The van der Waals surface area contributed by atoms with Crippen molar-refractivity contribution in [1.29, 1.82) is 0 Å².